The van der Waals surface area contributed by atoms with Crippen LogP contribution in [0.15, 0.2) is 36.7 Å². The van der Waals surface area contributed by atoms with Crippen molar-refractivity contribution in [3.63, 3.8) is 0 Å². The Balaban J connectivity index is 2.33. The van der Waals surface area contributed by atoms with Gasteiger partial charge in [-0.05, 0) is 12.0 Å². The monoisotopic (exact) mass is 261 g/mol. The first-order chi connectivity index (χ1) is 8.83. The summed E-state index contributed by atoms with van der Waals surface area (Å²) in [6, 6.07) is 9.96. The summed E-state index contributed by atoms with van der Waals surface area (Å²) >= 11 is 6.19. The molecule has 0 aliphatic heterocycles. The summed E-state index contributed by atoms with van der Waals surface area (Å²) in [7, 11) is 0. The van der Waals surface area contributed by atoms with Crippen LogP contribution in [-0.4, -0.2) is 16.5 Å². The number of hydrogen-bond acceptors (Lipinski definition) is 3. The van der Waals surface area contributed by atoms with Gasteiger partial charge in [-0.25, -0.2) is 9.97 Å². The number of nitrogens with zero attached hydrogens (tertiary/aromatic N) is 2. The highest BCUT2D eigenvalue weighted by Crippen LogP contribution is 2.31. The predicted molar refractivity (Wildman–Crippen MR) is 75.9 cm³/mol. The molecule has 0 radical (unpaired) electrons. The van der Waals surface area contributed by atoms with Gasteiger partial charge in [0.25, 0.3) is 0 Å². The smallest absolute Gasteiger partial charge is 0.142 e. The van der Waals surface area contributed by atoms with Crippen molar-refractivity contribution < 1.29 is 0 Å². The summed E-state index contributed by atoms with van der Waals surface area (Å²) in [5, 5.41) is 3.80. The van der Waals surface area contributed by atoms with Crippen LogP contribution in [0, 0.1) is 0 Å². The van der Waals surface area contributed by atoms with E-state index in [2.05, 4.69) is 22.2 Å². The van der Waals surface area contributed by atoms with E-state index in [0.29, 0.717) is 5.15 Å². The zero-order valence-electron chi connectivity index (χ0n) is 10.4. The number of unbranched alkanes of at least 4 members (excludes halogenated alkanes) is 1. The van der Waals surface area contributed by atoms with Gasteiger partial charge in [0.1, 0.15) is 17.3 Å². The molecule has 0 unspecified atom stereocenters. The van der Waals surface area contributed by atoms with E-state index in [1.165, 1.54) is 6.33 Å². The fourth-order valence-corrected chi connectivity index (χ4v) is 1.98. The number of anilines is 1. The van der Waals surface area contributed by atoms with E-state index in [1.54, 1.807) is 0 Å². The number of benzene rings is 1. The van der Waals surface area contributed by atoms with Gasteiger partial charge in [-0.1, -0.05) is 55.3 Å². The van der Waals surface area contributed by atoms with Crippen LogP contribution in [0.3, 0.4) is 0 Å². The molecule has 0 saturated carbocycles. The second kappa shape index (κ2) is 6.36. The van der Waals surface area contributed by atoms with Crippen LogP contribution in [0.5, 0.6) is 0 Å². The molecule has 1 heterocycles. The zero-order chi connectivity index (χ0) is 12.8. The molecule has 1 N–H and O–H groups in total. The van der Waals surface area contributed by atoms with Crippen molar-refractivity contribution >= 4 is 17.4 Å². The van der Waals surface area contributed by atoms with Gasteiger partial charge in [-0.15, -0.1) is 0 Å². The lowest BCUT2D eigenvalue weighted by atomic mass is 10.1. The summed E-state index contributed by atoms with van der Waals surface area (Å²) < 4.78 is 0. The van der Waals surface area contributed by atoms with Crippen LogP contribution in [0.25, 0.3) is 11.1 Å². The van der Waals surface area contributed by atoms with E-state index < -0.39 is 0 Å². The quantitative estimate of drug-likeness (QED) is 0.653. The Labute approximate surface area is 112 Å². The average Bonchev–Trinajstić information content (AvgIpc) is 2.40. The van der Waals surface area contributed by atoms with Crippen molar-refractivity contribution in [2.45, 2.75) is 19.8 Å². The lowest BCUT2D eigenvalue weighted by Crippen LogP contribution is -2.05. The van der Waals surface area contributed by atoms with Gasteiger partial charge < -0.3 is 5.32 Å². The lowest BCUT2D eigenvalue weighted by Gasteiger charge is -2.11. The third-order valence-electron chi connectivity index (χ3n) is 2.69. The molecular formula is C14H16ClN3. The number of aromatic nitrogens is 2. The summed E-state index contributed by atoms with van der Waals surface area (Å²) in [6.45, 7) is 3.05. The predicted octanol–water partition coefficient (Wildman–Crippen LogP) is 4.01. The fourth-order valence-electron chi connectivity index (χ4n) is 1.74. The molecule has 0 aliphatic rings. The maximum atomic E-state index is 6.19. The highest BCUT2D eigenvalue weighted by molar-refractivity contribution is 6.32. The molecule has 2 aromatic rings. The minimum atomic E-state index is 0.482. The Bertz CT molecular complexity index is 500. The second-order valence-corrected chi connectivity index (χ2v) is 4.39. The van der Waals surface area contributed by atoms with Gasteiger partial charge in [0, 0.05) is 6.54 Å². The molecule has 1 aromatic heterocycles. The van der Waals surface area contributed by atoms with E-state index >= 15 is 0 Å². The molecule has 18 heavy (non-hydrogen) atoms. The van der Waals surface area contributed by atoms with E-state index in [1.807, 2.05) is 30.3 Å². The summed E-state index contributed by atoms with van der Waals surface area (Å²) in [6.07, 6.45) is 3.74. The number of nitrogens with one attached hydrogen (secondary N) is 1. The second-order valence-electron chi connectivity index (χ2n) is 4.03. The molecule has 94 valence electrons. The maximum Gasteiger partial charge on any atom is 0.142 e. The topological polar surface area (TPSA) is 37.8 Å². The van der Waals surface area contributed by atoms with E-state index in [0.717, 1.165) is 36.3 Å². The van der Waals surface area contributed by atoms with Crippen molar-refractivity contribution in [2.24, 2.45) is 0 Å². The minimum absolute atomic E-state index is 0.482. The van der Waals surface area contributed by atoms with Crippen molar-refractivity contribution in [3.8, 4) is 11.1 Å². The van der Waals surface area contributed by atoms with Crippen molar-refractivity contribution in [1.29, 1.82) is 0 Å². The maximum absolute atomic E-state index is 6.19. The molecular weight excluding hydrogens is 246 g/mol. The summed E-state index contributed by atoms with van der Waals surface area (Å²) in [4.78, 5) is 8.34. The first-order valence-corrected chi connectivity index (χ1v) is 6.50. The number of hydrogen-bond donors (Lipinski definition) is 1. The first-order valence-electron chi connectivity index (χ1n) is 6.12. The molecule has 0 aliphatic carbocycles. The highest BCUT2D eigenvalue weighted by Gasteiger charge is 2.11. The van der Waals surface area contributed by atoms with Gasteiger partial charge in [0.05, 0.1) is 5.56 Å². The highest BCUT2D eigenvalue weighted by atomic mass is 35.5. The molecule has 4 heteroatoms. The van der Waals surface area contributed by atoms with E-state index in [4.69, 9.17) is 11.6 Å². The van der Waals surface area contributed by atoms with Crippen LogP contribution < -0.4 is 5.32 Å². The van der Waals surface area contributed by atoms with E-state index in [-0.39, 0.29) is 0 Å². The first kappa shape index (κ1) is 12.8. The molecule has 0 saturated heterocycles. The molecule has 3 nitrogen and oxygen atoms in total. The standard InChI is InChI=1S/C14H16ClN3/c1-2-3-9-16-14-12(13(15)17-10-18-14)11-7-5-4-6-8-11/h4-8,10H,2-3,9H2,1H3,(H,16,17,18). The Kier molecular flexibility index (Phi) is 4.53. The molecule has 2 rings (SSSR count). The Morgan fingerprint density at radius 1 is 1.17 bits per heavy atom. The molecule has 0 amide bonds. The molecule has 0 bridgehead atoms. The van der Waals surface area contributed by atoms with Crippen molar-refractivity contribution in [3.05, 3.63) is 41.8 Å². The van der Waals surface area contributed by atoms with Crippen LogP contribution in [0.1, 0.15) is 19.8 Å². The molecule has 0 spiro atoms. The largest absolute Gasteiger partial charge is 0.369 e. The lowest BCUT2D eigenvalue weighted by molar-refractivity contribution is 0.830. The van der Waals surface area contributed by atoms with Crippen LogP contribution in [-0.2, 0) is 0 Å². The third-order valence-corrected chi connectivity index (χ3v) is 2.97. The molecule has 0 fully saturated rings. The fraction of sp³-hybridized carbons (Fsp3) is 0.286. The van der Waals surface area contributed by atoms with Crippen LogP contribution in [0.2, 0.25) is 5.15 Å². The van der Waals surface area contributed by atoms with Crippen LogP contribution >= 0.6 is 11.6 Å². The van der Waals surface area contributed by atoms with Gasteiger partial charge in [0.2, 0.25) is 0 Å². The summed E-state index contributed by atoms with van der Waals surface area (Å²) in [5.74, 6) is 0.801. The number of rotatable bonds is 5. The van der Waals surface area contributed by atoms with Crippen molar-refractivity contribution in [1.82, 2.24) is 9.97 Å². The minimum Gasteiger partial charge on any atom is -0.369 e. The van der Waals surface area contributed by atoms with Gasteiger partial charge >= 0.3 is 0 Å². The Hall–Kier alpha value is -1.61. The van der Waals surface area contributed by atoms with Gasteiger partial charge in [-0.2, -0.15) is 0 Å². The molecule has 1 aromatic carbocycles. The Morgan fingerprint density at radius 3 is 2.67 bits per heavy atom. The van der Waals surface area contributed by atoms with Gasteiger partial charge in [0.15, 0.2) is 0 Å². The number of halogens is 1. The van der Waals surface area contributed by atoms with Crippen molar-refractivity contribution in [2.75, 3.05) is 11.9 Å². The zero-order valence-corrected chi connectivity index (χ0v) is 11.1. The Morgan fingerprint density at radius 2 is 1.94 bits per heavy atom. The van der Waals surface area contributed by atoms with Crippen LogP contribution in [0.4, 0.5) is 5.82 Å². The summed E-state index contributed by atoms with van der Waals surface area (Å²) in [5.41, 5.74) is 1.90. The molecule has 0 atom stereocenters. The average molecular weight is 262 g/mol. The normalized spacial score (nSPS) is 10.3. The van der Waals surface area contributed by atoms with Gasteiger partial charge in [-0.3, -0.25) is 0 Å². The third kappa shape index (κ3) is 2.99. The SMILES string of the molecule is CCCCNc1ncnc(Cl)c1-c1ccccc1. The van der Waals surface area contributed by atoms with E-state index in [9.17, 15) is 0 Å².